The minimum atomic E-state index is 0.445. The molecule has 2 rings (SSSR count). The molecule has 0 bridgehead atoms. The third kappa shape index (κ3) is 1.88. The third-order valence-corrected chi connectivity index (χ3v) is 3.24. The van der Waals surface area contributed by atoms with Crippen LogP contribution in [-0.2, 0) is 0 Å². The standard InChI is InChI=1S/C10H9NO2S2/c1-13-8-4-2-7(3-5-8)9-6-15-10(14)11(9)12/h2-6,12H,1H3. The van der Waals surface area contributed by atoms with Gasteiger partial charge in [-0.25, -0.2) is 0 Å². The van der Waals surface area contributed by atoms with Crippen LogP contribution in [0.2, 0.25) is 0 Å². The molecule has 0 aliphatic carbocycles. The fourth-order valence-electron chi connectivity index (χ4n) is 1.26. The predicted molar refractivity (Wildman–Crippen MR) is 62.3 cm³/mol. The van der Waals surface area contributed by atoms with E-state index in [1.165, 1.54) is 11.3 Å². The molecule has 1 N–H and O–H groups in total. The molecule has 0 atom stereocenters. The summed E-state index contributed by atoms with van der Waals surface area (Å²) in [6, 6.07) is 7.44. The Labute approximate surface area is 96.1 Å². The maximum Gasteiger partial charge on any atom is 0.196 e. The molecule has 2 aromatic rings. The van der Waals surface area contributed by atoms with Crippen molar-refractivity contribution in [3.63, 3.8) is 0 Å². The lowest BCUT2D eigenvalue weighted by molar-refractivity contribution is 0.190. The predicted octanol–water partition coefficient (Wildman–Crippen LogP) is 3.19. The van der Waals surface area contributed by atoms with Gasteiger partial charge >= 0.3 is 0 Å². The largest absolute Gasteiger partial charge is 0.497 e. The first-order valence-corrected chi connectivity index (χ1v) is 5.55. The van der Waals surface area contributed by atoms with Crippen molar-refractivity contribution >= 4 is 23.6 Å². The number of nitrogens with zero attached hydrogens (tertiary/aromatic N) is 1. The van der Waals surface area contributed by atoms with Crippen LogP contribution >= 0.6 is 23.6 Å². The Bertz CT molecular complexity index is 513. The smallest absolute Gasteiger partial charge is 0.196 e. The van der Waals surface area contributed by atoms with Crippen molar-refractivity contribution in [1.29, 1.82) is 0 Å². The molecule has 0 aliphatic heterocycles. The highest BCUT2D eigenvalue weighted by molar-refractivity contribution is 7.73. The Morgan fingerprint density at radius 2 is 2.00 bits per heavy atom. The molecule has 0 spiro atoms. The normalized spacial score (nSPS) is 10.2. The summed E-state index contributed by atoms with van der Waals surface area (Å²) < 4.78 is 6.51. The molecular weight excluding hydrogens is 230 g/mol. The number of benzene rings is 1. The summed E-state index contributed by atoms with van der Waals surface area (Å²) in [4.78, 5) is 0. The van der Waals surface area contributed by atoms with E-state index in [1.807, 2.05) is 29.6 Å². The molecule has 1 aromatic heterocycles. The summed E-state index contributed by atoms with van der Waals surface area (Å²) in [6.45, 7) is 0. The summed E-state index contributed by atoms with van der Waals surface area (Å²) in [5, 5.41) is 11.4. The number of ether oxygens (including phenoxy) is 1. The summed E-state index contributed by atoms with van der Waals surface area (Å²) in [5.74, 6) is 0.789. The van der Waals surface area contributed by atoms with E-state index in [0.29, 0.717) is 9.65 Å². The van der Waals surface area contributed by atoms with Gasteiger partial charge in [-0.05, 0) is 36.5 Å². The molecule has 0 fully saturated rings. The van der Waals surface area contributed by atoms with E-state index in [9.17, 15) is 5.21 Å². The zero-order valence-electron chi connectivity index (χ0n) is 8.01. The molecule has 78 valence electrons. The minimum Gasteiger partial charge on any atom is -0.497 e. The summed E-state index contributed by atoms with van der Waals surface area (Å²) in [6.07, 6.45) is 0. The van der Waals surface area contributed by atoms with Crippen molar-refractivity contribution in [2.45, 2.75) is 0 Å². The van der Waals surface area contributed by atoms with Crippen LogP contribution in [0, 0.1) is 3.95 Å². The van der Waals surface area contributed by atoms with E-state index in [0.717, 1.165) is 16.0 Å². The summed E-state index contributed by atoms with van der Waals surface area (Å²) >= 11 is 6.26. The molecule has 0 saturated carbocycles. The van der Waals surface area contributed by atoms with E-state index in [1.54, 1.807) is 7.11 Å². The molecule has 0 amide bonds. The lowest BCUT2D eigenvalue weighted by Crippen LogP contribution is -1.92. The summed E-state index contributed by atoms with van der Waals surface area (Å²) in [7, 11) is 1.62. The van der Waals surface area contributed by atoms with Crippen LogP contribution in [0.3, 0.4) is 0 Å². The number of hydrogen-bond donors (Lipinski definition) is 1. The highest BCUT2D eigenvalue weighted by Crippen LogP contribution is 2.24. The van der Waals surface area contributed by atoms with Gasteiger partial charge in [0.05, 0.1) is 12.8 Å². The molecule has 0 radical (unpaired) electrons. The number of thiazole rings is 1. The van der Waals surface area contributed by atoms with Gasteiger partial charge in [-0.15, -0.1) is 11.3 Å². The van der Waals surface area contributed by atoms with Gasteiger partial charge in [0.1, 0.15) is 5.75 Å². The van der Waals surface area contributed by atoms with E-state index >= 15 is 0 Å². The van der Waals surface area contributed by atoms with Crippen molar-refractivity contribution < 1.29 is 9.94 Å². The van der Waals surface area contributed by atoms with Gasteiger partial charge in [0.15, 0.2) is 3.95 Å². The minimum absolute atomic E-state index is 0.445. The van der Waals surface area contributed by atoms with Gasteiger partial charge in [-0.3, -0.25) is 0 Å². The molecule has 0 unspecified atom stereocenters. The van der Waals surface area contributed by atoms with Crippen LogP contribution in [0.15, 0.2) is 29.6 Å². The highest BCUT2D eigenvalue weighted by Gasteiger charge is 2.05. The van der Waals surface area contributed by atoms with Gasteiger partial charge < -0.3 is 9.94 Å². The number of rotatable bonds is 2. The Hall–Kier alpha value is -1.33. The number of hydrogen-bond acceptors (Lipinski definition) is 4. The quantitative estimate of drug-likeness (QED) is 0.645. The molecule has 1 heterocycles. The van der Waals surface area contributed by atoms with Crippen molar-refractivity contribution in [3.8, 4) is 17.0 Å². The Kier molecular flexibility index (Phi) is 2.75. The van der Waals surface area contributed by atoms with Gasteiger partial charge in [-0.1, -0.05) is 0 Å². The van der Waals surface area contributed by atoms with Crippen LogP contribution in [0.1, 0.15) is 0 Å². The summed E-state index contributed by atoms with van der Waals surface area (Å²) in [5.41, 5.74) is 1.61. The van der Waals surface area contributed by atoms with Crippen molar-refractivity contribution in [1.82, 2.24) is 4.73 Å². The van der Waals surface area contributed by atoms with Crippen LogP contribution in [0.25, 0.3) is 11.3 Å². The second-order valence-corrected chi connectivity index (χ2v) is 4.43. The van der Waals surface area contributed by atoms with Crippen molar-refractivity contribution in [2.75, 3.05) is 7.11 Å². The molecule has 0 saturated heterocycles. The average molecular weight is 239 g/mol. The lowest BCUT2D eigenvalue weighted by atomic mass is 10.2. The second-order valence-electron chi connectivity index (χ2n) is 2.93. The van der Waals surface area contributed by atoms with E-state index in [4.69, 9.17) is 17.0 Å². The first-order chi connectivity index (χ1) is 7.22. The Morgan fingerprint density at radius 1 is 1.33 bits per heavy atom. The topological polar surface area (TPSA) is 34.4 Å². The number of aromatic nitrogens is 1. The second kappa shape index (κ2) is 4.04. The van der Waals surface area contributed by atoms with E-state index < -0.39 is 0 Å². The number of methoxy groups -OCH3 is 1. The van der Waals surface area contributed by atoms with Gasteiger partial charge in [0, 0.05) is 10.9 Å². The van der Waals surface area contributed by atoms with Gasteiger partial charge in [0.25, 0.3) is 0 Å². The van der Waals surface area contributed by atoms with E-state index in [-0.39, 0.29) is 0 Å². The van der Waals surface area contributed by atoms with Gasteiger partial charge in [0.2, 0.25) is 0 Å². The van der Waals surface area contributed by atoms with Crippen LogP contribution in [0.5, 0.6) is 5.75 Å². The van der Waals surface area contributed by atoms with Crippen molar-refractivity contribution in [2.24, 2.45) is 0 Å². The Morgan fingerprint density at radius 3 is 2.47 bits per heavy atom. The zero-order chi connectivity index (χ0) is 10.8. The van der Waals surface area contributed by atoms with Crippen molar-refractivity contribution in [3.05, 3.63) is 33.6 Å². The first-order valence-electron chi connectivity index (χ1n) is 4.26. The SMILES string of the molecule is COc1ccc(-c2csc(=S)n2O)cc1. The average Bonchev–Trinajstić information content (AvgIpc) is 2.60. The molecule has 15 heavy (non-hydrogen) atoms. The van der Waals surface area contributed by atoms with E-state index in [2.05, 4.69) is 0 Å². The van der Waals surface area contributed by atoms with Crippen LogP contribution in [0.4, 0.5) is 0 Å². The molecule has 1 aromatic carbocycles. The first kappa shape index (κ1) is 10.2. The van der Waals surface area contributed by atoms with Gasteiger partial charge in [-0.2, -0.15) is 4.73 Å². The molecular formula is C10H9NO2S2. The zero-order valence-corrected chi connectivity index (χ0v) is 9.64. The van der Waals surface area contributed by atoms with Crippen LogP contribution < -0.4 is 4.74 Å². The Balaban J connectivity index is 2.46. The highest BCUT2D eigenvalue weighted by atomic mass is 32.1. The molecule has 3 nitrogen and oxygen atoms in total. The maximum absolute atomic E-state index is 9.61. The lowest BCUT2D eigenvalue weighted by Gasteiger charge is -2.03. The molecule has 0 aliphatic rings. The van der Waals surface area contributed by atoms with Crippen LogP contribution in [-0.4, -0.2) is 17.0 Å². The third-order valence-electron chi connectivity index (χ3n) is 2.06. The molecule has 5 heteroatoms. The fourth-order valence-corrected chi connectivity index (χ4v) is 2.15. The monoisotopic (exact) mass is 239 g/mol. The fraction of sp³-hybridized carbons (Fsp3) is 0.100. The maximum atomic E-state index is 9.61.